The third-order valence-electron chi connectivity index (χ3n) is 4.19. The molecule has 2 aromatic carbocycles. The molecule has 31 heavy (non-hydrogen) atoms. The fraction of sp³-hybridized carbons (Fsp3) is 0.318. The van der Waals surface area contributed by atoms with Crippen molar-refractivity contribution in [3.05, 3.63) is 59.7 Å². The van der Waals surface area contributed by atoms with Crippen molar-refractivity contribution in [2.45, 2.75) is 0 Å². The second-order valence-electron chi connectivity index (χ2n) is 6.56. The first-order chi connectivity index (χ1) is 15.0. The highest BCUT2D eigenvalue weighted by Gasteiger charge is 2.08. The quantitative estimate of drug-likeness (QED) is 0.381. The lowest BCUT2D eigenvalue weighted by atomic mass is 10.2. The van der Waals surface area contributed by atoms with E-state index in [9.17, 15) is 14.4 Å². The van der Waals surface area contributed by atoms with E-state index in [4.69, 9.17) is 9.47 Å². The minimum Gasteiger partial charge on any atom is -0.383 e. The van der Waals surface area contributed by atoms with E-state index in [0.717, 1.165) is 0 Å². The molecule has 0 spiro atoms. The van der Waals surface area contributed by atoms with Gasteiger partial charge in [-0.25, -0.2) is 0 Å². The van der Waals surface area contributed by atoms with Gasteiger partial charge in [-0.2, -0.15) is 0 Å². The molecule has 2 rings (SSSR count). The lowest BCUT2D eigenvalue weighted by molar-refractivity contribution is -0.114. The van der Waals surface area contributed by atoms with Crippen molar-refractivity contribution in [3.63, 3.8) is 0 Å². The first-order valence-corrected chi connectivity index (χ1v) is 9.81. The summed E-state index contributed by atoms with van der Waals surface area (Å²) in [6, 6.07) is 13.5. The number of carbonyl (C=O) groups is 3. The molecule has 0 aliphatic heterocycles. The largest absolute Gasteiger partial charge is 0.383 e. The summed E-state index contributed by atoms with van der Waals surface area (Å²) in [4.78, 5) is 36.3. The van der Waals surface area contributed by atoms with Crippen LogP contribution >= 0.6 is 0 Å². The summed E-state index contributed by atoms with van der Waals surface area (Å²) in [6.07, 6.45) is 0. The van der Waals surface area contributed by atoms with Crippen molar-refractivity contribution in [3.8, 4) is 0 Å². The zero-order valence-electron chi connectivity index (χ0n) is 17.7. The number of carbonyl (C=O) groups excluding carboxylic acids is 3. The van der Waals surface area contributed by atoms with Crippen LogP contribution in [-0.4, -0.2) is 64.8 Å². The molecule has 0 aliphatic rings. The van der Waals surface area contributed by atoms with E-state index in [0.29, 0.717) is 48.8 Å². The third-order valence-corrected chi connectivity index (χ3v) is 4.19. The number of rotatable bonds is 12. The maximum atomic E-state index is 12.2. The van der Waals surface area contributed by atoms with Gasteiger partial charge in [0.25, 0.3) is 11.8 Å². The van der Waals surface area contributed by atoms with E-state index >= 15 is 0 Å². The smallest absolute Gasteiger partial charge is 0.251 e. The van der Waals surface area contributed by atoms with Crippen molar-refractivity contribution in [2.24, 2.45) is 0 Å². The van der Waals surface area contributed by atoms with E-state index in [-0.39, 0.29) is 24.3 Å². The van der Waals surface area contributed by atoms with E-state index in [1.165, 1.54) is 0 Å². The third kappa shape index (κ3) is 8.45. The van der Waals surface area contributed by atoms with Gasteiger partial charge in [0, 0.05) is 49.8 Å². The first-order valence-electron chi connectivity index (χ1n) is 9.81. The van der Waals surface area contributed by atoms with Gasteiger partial charge in [-0.15, -0.1) is 0 Å². The van der Waals surface area contributed by atoms with E-state index in [1.807, 2.05) is 0 Å². The molecule has 9 heteroatoms. The van der Waals surface area contributed by atoms with E-state index in [1.54, 1.807) is 62.8 Å². The molecule has 0 fully saturated rings. The Hall–Kier alpha value is -3.43. The molecule has 0 saturated heterocycles. The molecule has 0 heterocycles. The molecule has 0 unspecified atom stereocenters. The van der Waals surface area contributed by atoms with Gasteiger partial charge in [-0.3, -0.25) is 14.4 Å². The highest BCUT2D eigenvalue weighted by atomic mass is 16.5. The molecule has 0 bridgehead atoms. The zero-order chi connectivity index (χ0) is 22.5. The van der Waals surface area contributed by atoms with E-state index in [2.05, 4.69) is 21.3 Å². The molecule has 0 atom stereocenters. The average molecular weight is 428 g/mol. The van der Waals surface area contributed by atoms with Crippen LogP contribution in [0, 0.1) is 0 Å². The van der Waals surface area contributed by atoms with E-state index < -0.39 is 0 Å². The topological polar surface area (TPSA) is 118 Å². The van der Waals surface area contributed by atoms with Gasteiger partial charge in [0.2, 0.25) is 5.91 Å². The van der Waals surface area contributed by atoms with Crippen LogP contribution in [0.15, 0.2) is 48.5 Å². The fourth-order valence-electron chi connectivity index (χ4n) is 2.60. The summed E-state index contributed by atoms with van der Waals surface area (Å²) >= 11 is 0. The zero-order valence-corrected chi connectivity index (χ0v) is 17.7. The van der Waals surface area contributed by atoms with Crippen LogP contribution in [0.4, 0.5) is 11.4 Å². The number of methoxy groups -OCH3 is 2. The maximum Gasteiger partial charge on any atom is 0.251 e. The van der Waals surface area contributed by atoms with Crippen LogP contribution in [0.1, 0.15) is 20.7 Å². The normalized spacial score (nSPS) is 10.3. The van der Waals surface area contributed by atoms with Crippen molar-refractivity contribution in [1.82, 2.24) is 10.6 Å². The summed E-state index contributed by atoms with van der Waals surface area (Å²) in [5.41, 5.74) is 2.21. The molecule has 0 aromatic heterocycles. The number of ether oxygens (including phenoxy) is 2. The number of anilines is 2. The Bertz CT molecular complexity index is 870. The molecule has 0 radical (unpaired) electrons. The van der Waals surface area contributed by atoms with Gasteiger partial charge in [0.05, 0.1) is 19.8 Å². The molecular weight excluding hydrogens is 400 g/mol. The lowest BCUT2D eigenvalue weighted by Gasteiger charge is -2.10. The van der Waals surface area contributed by atoms with Crippen molar-refractivity contribution in [1.29, 1.82) is 0 Å². The summed E-state index contributed by atoms with van der Waals surface area (Å²) < 4.78 is 9.80. The molecule has 2 aromatic rings. The van der Waals surface area contributed by atoms with Crippen LogP contribution in [0.5, 0.6) is 0 Å². The minimum atomic E-state index is -0.257. The number of hydrogen-bond donors (Lipinski definition) is 4. The highest BCUT2D eigenvalue weighted by molar-refractivity contribution is 5.97. The van der Waals surface area contributed by atoms with Crippen LogP contribution in [-0.2, 0) is 14.3 Å². The maximum absolute atomic E-state index is 12.2. The van der Waals surface area contributed by atoms with Gasteiger partial charge in [-0.05, 0) is 42.5 Å². The van der Waals surface area contributed by atoms with Crippen LogP contribution < -0.4 is 21.3 Å². The minimum absolute atomic E-state index is 0.0218. The molecule has 4 N–H and O–H groups in total. The SMILES string of the molecule is COCCNC(=O)c1ccc(NC(=O)CNc2cccc(C(=O)NCCOC)c2)cc1. The Morgan fingerprint density at radius 2 is 1.39 bits per heavy atom. The van der Waals surface area contributed by atoms with Gasteiger partial charge >= 0.3 is 0 Å². The first kappa shape index (κ1) is 23.8. The fourth-order valence-corrected chi connectivity index (χ4v) is 2.60. The van der Waals surface area contributed by atoms with Crippen molar-refractivity contribution >= 4 is 29.1 Å². The van der Waals surface area contributed by atoms with Gasteiger partial charge < -0.3 is 30.7 Å². The monoisotopic (exact) mass is 428 g/mol. The predicted molar refractivity (Wildman–Crippen MR) is 118 cm³/mol. The molecule has 0 aliphatic carbocycles. The highest BCUT2D eigenvalue weighted by Crippen LogP contribution is 2.12. The second kappa shape index (κ2) is 13.0. The Morgan fingerprint density at radius 3 is 2.00 bits per heavy atom. The standard InChI is InChI=1S/C22H28N4O5/c1-30-12-10-23-21(28)16-6-8-18(9-7-16)26-20(27)15-25-19-5-3-4-17(14-19)22(29)24-11-13-31-2/h3-9,14,25H,10-13,15H2,1-2H3,(H,23,28)(H,24,29)(H,26,27). The number of benzene rings is 2. The summed E-state index contributed by atoms with van der Waals surface area (Å²) in [5.74, 6) is -0.675. The number of nitrogens with one attached hydrogen (secondary N) is 4. The molecule has 0 saturated carbocycles. The van der Waals surface area contributed by atoms with Gasteiger partial charge in [-0.1, -0.05) is 6.07 Å². The number of hydrogen-bond acceptors (Lipinski definition) is 6. The summed E-state index contributed by atoms with van der Waals surface area (Å²) in [5, 5.41) is 11.2. The van der Waals surface area contributed by atoms with Crippen LogP contribution in [0.25, 0.3) is 0 Å². The number of amides is 3. The Kier molecular flexibility index (Phi) is 9.99. The van der Waals surface area contributed by atoms with Gasteiger partial charge in [0.15, 0.2) is 0 Å². The lowest BCUT2D eigenvalue weighted by Crippen LogP contribution is -2.27. The average Bonchev–Trinajstić information content (AvgIpc) is 2.78. The van der Waals surface area contributed by atoms with Crippen molar-refractivity contribution < 1.29 is 23.9 Å². The predicted octanol–water partition coefficient (Wildman–Crippen LogP) is 1.49. The Morgan fingerprint density at radius 1 is 0.774 bits per heavy atom. The Labute approximate surface area is 181 Å². The second-order valence-corrected chi connectivity index (χ2v) is 6.56. The van der Waals surface area contributed by atoms with Gasteiger partial charge in [0.1, 0.15) is 0 Å². The molecule has 166 valence electrons. The van der Waals surface area contributed by atoms with Crippen molar-refractivity contribution in [2.75, 3.05) is 57.7 Å². The Balaban J connectivity index is 1.82. The molecule has 3 amide bonds. The summed E-state index contributed by atoms with van der Waals surface area (Å²) in [7, 11) is 3.13. The summed E-state index contributed by atoms with van der Waals surface area (Å²) in [6.45, 7) is 1.74. The van der Waals surface area contributed by atoms with Crippen LogP contribution in [0.3, 0.4) is 0 Å². The van der Waals surface area contributed by atoms with Crippen LogP contribution in [0.2, 0.25) is 0 Å². The molecular formula is C22H28N4O5. The molecule has 9 nitrogen and oxygen atoms in total.